The Morgan fingerprint density at radius 1 is 1.16 bits per heavy atom. The summed E-state index contributed by atoms with van der Waals surface area (Å²) < 4.78 is 5.45. The maximum atomic E-state index is 11.9. The van der Waals surface area contributed by atoms with Crippen molar-refractivity contribution in [1.29, 1.82) is 0 Å². The van der Waals surface area contributed by atoms with Crippen LogP contribution in [0.15, 0.2) is 24.3 Å². The van der Waals surface area contributed by atoms with Gasteiger partial charge in [0.2, 0.25) is 0 Å². The molecule has 0 aliphatic rings. The van der Waals surface area contributed by atoms with Crippen LogP contribution >= 0.6 is 0 Å². The Kier molecular flexibility index (Phi) is 5.74. The predicted molar refractivity (Wildman–Crippen MR) is 79.8 cm³/mol. The molecule has 1 rings (SSSR count). The first-order chi connectivity index (χ1) is 8.79. The van der Waals surface area contributed by atoms with E-state index in [-0.39, 0.29) is 17.8 Å². The van der Waals surface area contributed by atoms with E-state index in [1.54, 1.807) is 0 Å². The van der Waals surface area contributed by atoms with E-state index in [0.717, 1.165) is 12.0 Å². The van der Waals surface area contributed by atoms with Gasteiger partial charge in [0.1, 0.15) is 6.61 Å². The second-order valence-electron chi connectivity index (χ2n) is 6.56. The van der Waals surface area contributed by atoms with Crippen molar-refractivity contribution < 1.29 is 9.53 Å². The fourth-order valence-electron chi connectivity index (χ4n) is 1.68. The molecule has 0 fully saturated rings. The molecule has 2 heteroatoms. The first kappa shape index (κ1) is 15.9. The molecule has 0 amide bonds. The van der Waals surface area contributed by atoms with Crippen molar-refractivity contribution in [2.24, 2.45) is 5.41 Å². The molecule has 19 heavy (non-hydrogen) atoms. The molecule has 0 aliphatic heterocycles. The van der Waals surface area contributed by atoms with Crippen LogP contribution in [0, 0.1) is 5.41 Å². The predicted octanol–water partition coefficient (Wildman–Crippen LogP) is 4.45. The number of hydrogen-bond donors (Lipinski definition) is 0. The third-order valence-corrected chi connectivity index (χ3v) is 3.13. The van der Waals surface area contributed by atoms with E-state index < -0.39 is 0 Å². The molecule has 0 heterocycles. The third kappa shape index (κ3) is 6.02. The van der Waals surface area contributed by atoms with E-state index in [9.17, 15) is 4.79 Å². The molecular formula is C17H26O2. The van der Waals surface area contributed by atoms with Gasteiger partial charge >= 0.3 is 0 Å². The standard InChI is InChI=1S/C17H26O2/c1-13(2)14-6-8-15(9-7-14)16(18)12-19-11-10-17(3,4)5/h6-9,13H,10-12H2,1-5H3. The molecule has 0 saturated carbocycles. The lowest BCUT2D eigenvalue weighted by atomic mass is 9.93. The second kappa shape index (κ2) is 6.85. The molecule has 2 nitrogen and oxygen atoms in total. The number of benzene rings is 1. The number of ether oxygens (including phenoxy) is 1. The quantitative estimate of drug-likeness (QED) is 0.559. The Balaban J connectivity index is 2.41. The van der Waals surface area contributed by atoms with Crippen LogP contribution in [0.25, 0.3) is 0 Å². The van der Waals surface area contributed by atoms with E-state index in [1.807, 2.05) is 24.3 Å². The Labute approximate surface area is 117 Å². The van der Waals surface area contributed by atoms with Crippen LogP contribution in [0.3, 0.4) is 0 Å². The number of carbonyl (C=O) groups excluding carboxylic acids is 1. The van der Waals surface area contributed by atoms with Crippen molar-refractivity contribution in [3.8, 4) is 0 Å². The maximum absolute atomic E-state index is 11.9. The van der Waals surface area contributed by atoms with Crippen molar-refractivity contribution in [2.75, 3.05) is 13.2 Å². The van der Waals surface area contributed by atoms with Crippen molar-refractivity contribution in [1.82, 2.24) is 0 Å². The van der Waals surface area contributed by atoms with Gasteiger partial charge in [0, 0.05) is 12.2 Å². The van der Waals surface area contributed by atoms with Crippen LogP contribution in [0.1, 0.15) is 62.9 Å². The lowest BCUT2D eigenvalue weighted by molar-refractivity contribution is 0.0705. The SMILES string of the molecule is CC(C)c1ccc(C(=O)COCCC(C)(C)C)cc1. The minimum atomic E-state index is 0.0595. The van der Waals surface area contributed by atoms with E-state index in [0.29, 0.717) is 12.5 Å². The first-order valence-corrected chi connectivity index (χ1v) is 7.00. The van der Waals surface area contributed by atoms with Gasteiger partial charge in [-0.1, -0.05) is 58.9 Å². The molecule has 0 atom stereocenters. The normalized spacial score (nSPS) is 11.9. The summed E-state index contributed by atoms with van der Waals surface area (Å²) in [5.74, 6) is 0.552. The number of hydrogen-bond acceptors (Lipinski definition) is 2. The van der Waals surface area contributed by atoms with Crippen molar-refractivity contribution in [3.63, 3.8) is 0 Å². The summed E-state index contributed by atoms with van der Waals surface area (Å²) in [5, 5.41) is 0. The van der Waals surface area contributed by atoms with Gasteiger partial charge in [-0.2, -0.15) is 0 Å². The summed E-state index contributed by atoms with van der Waals surface area (Å²) in [6.45, 7) is 11.6. The Morgan fingerprint density at radius 2 is 1.74 bits per heavy atom. The highest BCUT2D eigenvalue weighted by Crippen LogP contribution is 2.18. The molecule has 0 unspecified atom stereocenters. The zero-order valence-electron chi connectivity index (χ0n) is 12.8. The number of Topliss-reactive ketones (excluding diaryl/α,β-unsaturated/α-hetero) is 1. The molecule has 0 aliphatic carbocycles. The van der Waals surface area contributed by atoms with E-state index in [4.69, 9.17) is 4.74 Å². The highest BCUT2D eigenvalue weighted by atomic mass is 16.5. The largest absolute Gasteiger partial charge is 0.373 e. The summed E-state index contributed by atoms with van der Waals surface area (Å²) in [5.41, 5.74) is 2.24. The summed E-state index contributed by atoms with van der Waals surface area (Å²) in [7, 11) is 0. The van der Waals surface area contributed by atoms with Gasteiger partial charge < -0.3 is 4.74 Å². The van der Waals surface area contributed by atoms with Crippen molar-refractivity contribution >= 4 is 5.78 Å². The van der Waals surface area contributed by atoms with Crippen LogP contribution in [0.5, 0.6) is 0 Å². The van der Waals surface area contributed by atoms with Crippen LogP contribution in [-0.2, 0) is 4.74 Å². The van der Waals surface area contributed by atoms with Gasteiger partial charge in [-0.15, -0.1) is 0 Å². The fraction of sp³-hybridized carbons (Fsp3) is 0.588. The lowest BCUT2D eigenvalue weighted by Crippen LogP contribution is -2.14. The van der Waals surface area contributed by atoms with Crippen LogP contribution in [-0.4, -0.2) is 19.0 Å². The molecule has 0 saturated heterocycles. The zero-order valence-corrected chi connectivity index (χ0v) is 12.8. The summed E-state index contributed by atoms with van der Waals surface area (Å²) >= 11 is 0. The average molecular weight is 262 g/mol. The van der Waals surface area contributed by atoms with Gasteiger partial charge in [0.25, 0.3) is 0 Å². The molecule has 0 aromatic heterocycles. The summed E-state index contributed by atoms with van der Waals surface area (Å²) in [6, 6.07) is 7.83. The average Bonchev–Trinajstić information content (AvgIpc) is 2.33. The minimum Gasteiger partial charge on any atom is -0.373 e. The third-order valence-electron chi connectivity index (χ3n) is 3.13. The molecular weight excluding hydrogens is 236 g/mol. The van der Waals surface area contributed by atoms with Gasteiger partial charge in [0.15, 0.2) is 5.78 Å². The van der Waals surface area contributed by atoms with Gasteiger partial charge in [-0.05, 0) is 23.3 Å². The molecule has 1 aromatic rings. The van der Waals surface area contributed by atoms with Gasteiger partial charge in [-0.3, -0.25) is 4.79 Å². The lowest BCUT2D eigenvalue weighted by Gasteiger charge is -2.17. The molecule has 0 radical (unpaired) electrons. The minimum absolute atomic E-state index is 0.0595. The highest BCUT2D eigenvalue weighted by Gasteiger charge is 2.11. The number of rotatable bonds is 6. The zero-order chi connectivity index (χ0) is 14.5. The molecule has 0 bridgehead atoms. The number of carbonyl (C=O) groups is 1. The highest BCUT2D eigenvalue weighted by molar-refractivity contribution is 5.97. The molecule has 106 valence electrons. The van der Waals surface area contributed by atoms with Crippen LogP contribution < -0.4 is 0 Å². The van der Waals surface area contributed by atoms with E-state index in [1.165, 1.54) is 5.56 Å². The van der Waals surface area contributed by atoms with Crippen molar-refractivity contribution in [2.45, 2.75) is 47.0 Å². The van der Waals surface area contributed by atoms with Crippen molar-refractivity contribution in [3.05, 3.63) is 35.4 Å². The second-order valence-corrected chi connectivity index (χ2v) is 6.56. The first-order valence-electron chi connectivity index (χ1n) is 7.00. The maximum Gasteiger partial charge on any atom is 0.188 e. The van der Waals surface area contributed by atoms with E-state index in [2.05, 4.69) is 34.6 Å². The Hall–Kier alpha value is -1.15. The molecule has 0 N–H and O–H groups in total. The monoisotopic (exact) mass is 262 g/mol. The van der Waals surface area contributed by atoms with Crippen LogP contribution in [0.4, 0.5) is 0 Å². The number of ketones is 1. The molecule has 1 aromatic carbocycles. The van der Waals surface area contributed by atoms with Gasteiger partial charge in [-0.25, -0.2) is 0 Å². The van der Waals surface area contributed by atoms with E-state index >= 15 is 0 Å². The topological polar surface area (TPSA) is 26.3 Å². The fourth-order valence-corrected chi connectivity index (χ4v) is 1.68. The smallest absolute Gasteiger partial charge is 0.188 e. The van der Waals surface area contributed by atoms with Gasteiger partial charge in [0.05, 0.1) is 0 Å². The molecule has 0 spiro atoms. The Morgan fingerprint density at radius 3 is 2.21 bits per heavy atom. The Bertz CT molecular complexity index is 396. The van der Waals surface area contributed by atoms with Crippen LogP contribution in [0.2, 0.25) is 0 Å². The summed E-state index contributed by atoms with van der Waals surface area (Å²) in [4.78, 5) is 11.9. The summed E-state index contributed by atoms with van der Waals surface area (Å²) in [6.07, 6.45) is 0.965.